The molecule has 1 aliphatic rings. The fraction of sp³-hybridized carbons (Fsp3) is 0.438. The van der Waals surface area contributed by atoms with E-state index in [2.05, 4.69) is 23.8 Å². The van der Waals surface area contributed by atoms with Crippen LogP contribution in [0.4, 0.5) is 10.1 Å². The molecule has 4 nitrogen and oxygen atoms in total. The molecule has 1 saturated heterocycles. The molecule has 0 aromatic heterocycles. The highest BCUT2D eigenvalue weighted by Crippen LogP contribution is 2.27. The molecular formula is C16H21FN2O2. The summed E-state index contributed by atoms with van der Waals surface area (Å²) in [5.74, 6) is -1.47. The lowest BCUT2D eigenvalue weighted by Crippen LogP contribution is -2.51. The molecule has 2 rings (SSSR count). The van der Waals surface area contributed by atoms with E-state index in [4.69, 9.17) is 5.11 Å². The van der Waals surface area contributed by atoms with Crippen LogP contribution in [0.5, 0.6) is 0 Å². The lowest BCUT2D eigenvalue weighted by Gasteiger charge is -2.40. The Bertz CT molecular complexity index is 545. The number of rotatable bonds is 4. The average molecular weight is 292 g/mol. The Kier molecular flexibility index (Phi) is 4.96. The predicted molar refractivity (Wildman–Crippen MR) is 82.0 cm³/mol. The van der Waals surface area contributed by atoms with Crippen molar-refractivity contribution in [2.75, 3.05) is 31.6 Å². The summed E-state index contributed by atoms with van der Waals surface area (Å²) in [6.07, 6.45) is 3.35. The van der Waals surface area contributed by atoms with E-state index in [0.29, 0.717) is 11.6 Å². The van der Waals surface area contributed by atoms with E-state index in [1.807, 2.05) is 6.07 Å². The summed E-state index contributed by atoms with van der Waals surface area (Å²) < 4.78 is 14.0. The van der Waals surface area contributed by atoms with Gasteiger partial charge in [0, 0.05) is 43.0 Å². The fourth-order valence-electron chi connectivity index (χ4n) is 2.73. The summed E-state index contributed by atoms with van der Waals surface area (Å²) in [6.45, 7) is 4.69. The maximum absolute atomic E-state index is 14.0. The molecule has 1 aromatic carbocycles. The highest BCUT2D eigenvalue weighted by molar-refractivity contribution is 5.87. The van der Waals surface area contributed by atoms with Gasteiger partial charge in [-0.2, -0.15) is 0 Å². The van der Waals surface area contributed by atoms with Gasteiger partial charge in [0.15, 0.2) is 0 Å². The molecule has 1 heterocycles. The molecule has 0 spiro atoms. The van der Waals surface area contributed by atoms with Crippen LogP contribution >= 0.6 is 0 Å². The second-order valence-electron chi connectivity index (χ2n) is 5.33. The van der Waals surface area contributed by atoms with Crippen molar-refractivity contribution in [2.24, 2.45) is 0 Å². The van der Waals surface area contributed by atoms with E-state index in [1.165, 1.54) is 12.1 Å². The summed E-state index contributed by atoms with van der Waals surface area (Å²) in [5, 5.41) is 8.75. The molecule has 0 bridgehead atoms. The molecule has 0 saturated carbocycles. The van der Waals surface area contributed by atoms with Crippen LogP contribution in [0.15, 0.2) is 24.3 Å². The van der Waals surface area contributed by atoms with Crippen LogP contribution in [-0.2, 0) is 4.79 Å². The molecule has 1 fully saturated rings. The normalized spacial score (nSPS) is 20.1. The van der Waals surface area contributed by atoms with E-state index >= 15 is 0 Å². The summed E-state index contributed by atoms with van der Waals surface area (Å²) in [4.78, 5) is 15.1. The standard InChI is InChI=1S/C16H21FN2O2/c1-3-12-11-19(10-9-18(12)2)15-6-4-5-14(17)13(15)7-8-16(20)21/h4-8,12H,3,9-11H2,1-2H3,(H,20,21)/b8-7+. The number of benzene rings is 1. The molecular weight excluding hydrogens is 271 g/mol. The zero-order chi connectivity index (χ0) is 15.4. The van der Waals surface area contributed by atoms with E-state index in [0.717, 1.165) is 37.8 Å². The molecule has 1 aliphatic heterocycles. The van der Waals surface area contributed by atoms with Gasteiger partial charge in [-0.15, -0.1) is 0 Å². The van der Waals surface area contributed by atoms with Crippen LogP contribution < -0.4 is 4.90 Å². The fourth-order valence-corrected chi connectivity index (χ4v) is 2.73. The number of carbonyl (C=O) groups is 1. The van der Waals surface area contributed by atoms with Gasteiger partial charge in [0.25, 0.3) is 0 Å². The first kappa shape index (κ1) is 15.5. The van der Waals surface area contributed by atoms with Crippen molar-refractivity contribution in [2.45, 2.75) is 19.4 Å². The lowest BCUT2D eigenvalue weighted by molar-refractivity contribution is -0.131. The SMILES string of the molecule is CCC1CN(c2cccc(F)c2/C=C/C(=O)O)CCN1C. The molecule has 1 unspecified atom stereocenters. The molecule has 1 N–H and O–H groups in total. The Morgan fingerprint density at radius 3 is 2.90 bits per heavy atom. The Morgan fingerprint density at radius 1 is 1.48 bits per heavy atom. The molecule has 5 heteroatoms. The van der Waals surface area contributed by atoms with Crippen LogP contribution in [0.2, 0.25) is 0 Å². The molecule has 1 atom stereocenters. The van der Waals surface area contributed by atoms with E-state index < -0.39 is 11.8 Å². The smallest absolute Gasteiger partial charge is 0.328 e. The van der Waals surface area contributed by atoms with Crippen molar-refractivity contribution in [1.29, 1.82) is 0 Å². The minimum absolute atomic E-state index is 0.347. The number of halogens is 1. The van der Waals surface area contributed by atoms with Crippen molar-refractivity contribution in [1.82, 2.24) is 4.90 Å². The van der Waals surface area contributed by atoms with Crippen LogP contribution in [0.25, 0.3) is 6.08 Å². The highest BCUT2D eigenvalue weighted by Gasteiger charge is 2.24. The van der Waals surface area contributed by atoms with Gasteiger partial charge in [-0.25, -0.2) is 9.18 Å². The number of nitrogens with zero attached hydrogens (tertiary/aromatic N) is 2. The minimum atomic E-state index is -1.07. The first-order valence-corrected chi connectivity index (χ1v) is 7.17. The predicted octanol–water partition coefficient (Wildman–Crippen LogP) is 2.45. The summed E-state index contributed by atoms with van der Waals surface area (Å²) >= 11 is 0. The van der Waals surface area contributed by atoms with Crippen molar-refractivity contribution in [3.63, 3.8) is 0 Å². The number of aliphatic carboxylic acids is 1. The lowest BCUT2D eigenvalue weighted by atomic mass is 10.1. The third-order valence-electron chi connectivity index (χ3n) is 4.01. The van der Waals surface area contributed by atoms with Gasteiger partial charge in [-0.3, -0.25) is 4.90 Å². The van der Waals surface area contributed by atoms with Crippen LogP contribution in [-0.4, -0.2) is 48.7 Å². The maximum Gasteiger partial charge on any atom is 0.328 e. The van der Waals surface area contributed by atoms with Crippen LogP contribution in [0.1, 0.15) is 18.9 Å². The second kappa shape index (κ2) is 6.72. The number of carboxylic acid groups (broad SMARTS) is 1. The van der Waals surface area contributed by atoms with E-state index in [1.54, 1.807) is 6.07 Å². The van der Waals surface area contributed by atoms with Gasteiger partial charge in [0.05, 0.1) is 0 Å². The second-order valence-corrected chi connectivity index (χ2v) is 5.33. The van der Waals surface area contributed by atoms with Gasteiger partial charge in [0.1, 0.15) is 5.82 Å². The highest BCUT2D eigenvalue weighted by atomic mass is 19.1. The monoisotopic (exact) mass is 292 g/mol. The number of hydrogen-bond donors (Lipinski definition) is 1. The van der Waals surface area contributed by atoms with Crippen LogP contribution in [0.3, 0.4) is 0 Å². The Morgan fingerprint density at radius 2 is 2.24 bits per heavy atom. The minimum Gasteiger partial charge on any atom is -0.478 e. The molecule has 0 radical (unpaired) electrons. The van der Waals surface area contributed by atoms with Crippen molar-refractivity contribution < 1.29 is 14.3 Å². The van der Waals surface area contributed by atoms with Gasteiger partial charge >= 0.3 is 5.97 Å². The summed E-state index contributed by atoms with van der Waals surface area (Å²) in [6, 6.07) is 5.31. The zero-order valence-corrected chi connectivity index (χ0v) is 12.4. The molecule has 0 amide bonds. The van der Waals surface area contributed by atoms with Gasteiger partial charge < -0.3 is 10.0 Å². The maximum atomic E-state index is 14.0. The molecule has 0 aliphatic carbocycles. The molecule has 21 heavy (non-hydrogen) atoms. The topological polar surface area (TPSA) is 43.8 Å². The van der Waals surface area contributed by atoms with Crippen molar-refractivity contribution in [3.05, 3.63) is 35.7 Å². The number of likely N-dealkylation sites (N-methyl/N-ethyl adjacent to an activating group) is 1. The van der Waals surface area contributed by atoms with Gasteiger partial charge in [-0.05, 0) is 31.7 Å². The Labute approximate surface area is 124 Å². The third kappa shape index (κ3) is 3.61. The van der Waals surface area contributed by atoms with Gasteiger partial charge in [0.2, 0.25) is 0 Å². The first-order valence-electron chi connectivity index (χ1n) is 7.17. The summed E-state index contributed by atoms with van der Waals surface area (Å²) in [7, 11) is 2.10. The number of carboxylic acids is 1. The van der Waals surface area contributed by atoms with E-state index in [9.17, 15) is 9.18 Å². The van der Waals surface area contributed by atoms with E-state index in [-0.39, 0.29) is 0 Å². The first-order chi connectivity index (χ1) is 10.0. The van der Waals surface area contributed by atoms with Crippen molar-refractivity contribution >= 4 is 17.7 Å². The Balaban J connectivity index is 2.31. The number of piperazine rings is 1. The largest absolute Gasteiger partial charge is 0.478 e. The Hall–Kier alpha value is -1.88. The van der Waals surface area contributed by atoms with Gasteiger partial charge in [-0.1, -0.05) is 13.0 Å². The average Bonchev–Trinajstić information content (AvgIpc) is 2.46. The quantitative estimate of drug-likeness (QED) is 0.866. The van der Waals surface area contributed by atoms with Crippen molar-refractivity contribution in [3.8, 4) is 0 Å². The number of anilines is 1. The molecule has 1 aromatic rings. The summed E-state index contributed by atoms with van der Waals surface area (Å²) in [5.41, 5.74) is 1.11. The zero-order valence-electron chi connectivity index (χ0n) is 12.4. The number of hydrogen-bond acceptors (Lipinski definition) is 3. The van der Waals surface area contributed by atoms with Crippen LogP contribution in [0, 0.1) is 5.82 Å². The molecule has 114 valence electrons. The third-order valence-corrected chi connectivity index (χ3v) is 4.01.